The van der Waals surface area contributed by atoms with Gasteiger partial charge < -0.3 is 10.6 Å². The van der Waals surface area contributed by atoms with Gasteiger partial charge in [-0.1, -0.05) is 71.4 Å². The summed E-state index contributed by atoms with van der Waals surface area (Å²) in [6.07, 6.45) is 1.56. The molecule has 154 valence electrons. The maximum absolute atomic E-state index is 12.4. The number of aromatic nitrogens is 2. The molecule has 8 heteroatoms. The molecule has 0 unspecified atom stereocenters. The van der Waals surface area contributed by atoms with Crippen LogP contribution in [0.2, 0.25) is 5.02 Å². The Kier molecular flexibility index (Phi) is 7.82. The molecule has 0 aliphatic carbocycles. The number of para-hydroxylation sites is 1. The summed E-state index contributed by atoms with van der Waals surface area (Å²) in [5.41, 5.74) is 3.15. The van der Waals surface area contributed by atoms with Gasteiger partial charge in [-0.15, -0.1) is 0 Å². The number of carbonyl (C=O) groups is 2. The van der Waals surface area contributed by atoms with E-state index in [0.717, 1.165) is 5.56 Å². The van der Waals surface area contributed by atoms with Crippen molar-refractivity contribution in [2.45, 2.75) is 24.3 Å². The minimum absolute atomic E-state index is 0.0986. The van der Waals surface area contributed by atoms with Crippen LogP contribution in [-0.4, -0.2) is 28.3 Å². The summed E-state index contributed by atoms with van der Waals surface area (Å²) in [4.78, 5) is 32.9. The number of anilines is 1. The van der Waals surface area contributed by atoms with Gasteiger partial charge in [-0.05, 0) is 24.6 Å². The molecule has 1 aromatic heterocycles. The van der Waals surface area contributed by atoms with Crippen molar-refractivity contribution in [2.24, 2.45) is 0 Å². The van der Waals surface area contributed by atoms with E-state index >= 15 is 0 Å². The van der Waals surface area contributed by atoms with Crippen molar-refractivity contribution >= 4 is 40.9 Å². The monoisotopic (exact) mass is 440 g/mol. The van der Waals surface area contributed by atoms with E-state index in [1.165, 1.54) is 23.5 Å². The lowest BCUT2D eigenvalue weighted by Crippen LogP contribution is -2.28. The summed E-state index contributed by atoms with van der Waals surface area (Å²) in [6, 6.07) is 17.3. The van der Waals surface area contributed by atoms with Crippen LogP contribution in [0.4, 0.5) is 5.69 Å². The molecule has 2 amide bonds. The number of amides is 2. The van der Waals surface area contributed by atoms with Gasteiger partial charge in [0, 0.05) is 24.4 Å². The fourth-order valence-electron chi connectivity index (χ4n) is 2.53. The van der Waals surface area contributed by atoms with Crippen molar-refractivity contribution in [3.05, 3.63) is 82.6 Å². The van der Waals surface area contributed by atoms with Gasteiger partial charge in [0.1, 0.15) is 0 Å². The predicted molar refractivity (Wildman–Crippen MR) is 120 cm³/mol. The maximum Gasteiger partial charge on any atom is 0.271 e. The average molecular weight is 441 g/mol. The molecule has 6 nitrogen and oxygen atoms in total. The SMILES string of the molecule is Cc1ccc(CSc2ncc(Cl)c(C(=O)NCCC(=O)Nc3ccccc3)n2)cc1. The number of hydrogen-bond donors (Lipinski definition) is 2. The van der Waals surface area contributed by atoms with Gasteiger partial charge in [0.2, 0.25) is 5.91 Å². The average Bonchev–Trinajstić information content (AvgIpc) is 2.75. The number of benzene rings is 2. The number of nitrogens with one attached hydrogen (secondary N) is 2. The fraction of sp³-hybridized carbons (Fsp3) is 0.182. The highest BCUT2D eigenvalue weighted by Gasteiger charge is 2.15. The third-order valence-electron chi connectivity index (χ3n) is 4.12. The highest BCUT2D eigenvalue weighted by Crippen LogP contribution is 2.22. The number of rotatable bonds is 8. The summed E-state index contributed by atoms with van der Waals surface area (Å²) < 4.78 is 0. The first-order chi connectivity index (χ1) is 14.5. The third kappa shape index (κ3) is 6.57. The normalized spacial score (nSPS) is 10.5. The predicted octanol–water partition coefficient (Wildman–Crippen LogP) is 4.49. The quantitative estimate of drug-likeness (QED) is 0.398. The van der Waals surface area contributed by atoms with Crippen molar-refractivity contribution in [1.29, 1.82) is 0 Å². The Morgan fingerprint density at radius 3 is 2.53 bits per heavy atom. The van der Waals surface area contributed by atoms with E-state index in [1.807, 2.05) is 49.4 Å². The van der Waals surface area contributed by atoms with Crippen LogP contribution in [0.15, 0.2) is 66.0 Å². The molecule has 2 aromatic carbocycles. The van der Waals surface area contributed by atoms with E-state index in [0.29, 0.717) is 16.6 Å². The minimum atomic E-state index is -0.438. The van der Waals surface area contributed by atoms with Crippen LogP contribution in [0.25, 0.3) is 0 Å². The molecular weight excluding hydrogens is 420 g/mol. The molecule has 3 aromatic rings. The molecular formula is C22H21ClN4O2S. The Bertz CT molecular complexity index is 1010. The largest absolute Gasteiger partial charge is 0.350 e. The van der Waals surface area contributed by atoms with E-state index in [1.54, 1.807) is 12.1 Å². The molecule has 0 aliphatic rings. The van der Waals surface area contributed by atoms with E-state index in [4.69, 9.17) is 11.6 Å². The number of nitrogens with zero attached hydrogens (tertiary/aromatic N) is 2. The number of thioether (sulfide) groups is 1. The fourth-order valence-corrected chi connectivity index (χ4v) is 3.48. The van der Waals surface area contributed by atoms with Crippen LogP contribution < -0.4 is 10.6 Å². The zero-order chi connectivity index (χ0) is 21.3. The first-order valence-corrected chi connectivity index (χ1v) is 10.7. The molecule has 0 fully saturated rings. The van der Waals surface area contributed by atoms with Crippen LogP contribution in [-0.2, 0) is 10.5 Å². The summed E-state index contributed by atoms with van der Waals surface area (Å²) >= 11 is 7.52. The molecule has 1 heterocycles. The van der Waals surface area contributed by atoms with Gasteiger partial charge in [0.15, 0.2) is 10.9 Å². The first-order valence-electron chi connectivity index (χ1n) is 9.35. The lowest BCUT2D eigenvalue weighted by molar-refractivity contribution is -0.116. The zero-order valence-corrected chi connectivity index (χ0v) is 18.0. The highest BCUT2D eigenvalue weighted by molar-refractivity contribution is 7.98. The van der Waals surface area contributed by atoms with Gasteiger partial charge in [-0.3, -0.25) is 9.59 Å². The standard InChI is InChI=1S/C22H21ClN4O2S/c1-15-7-9-16(10-8-15)14-30-22-25-13-18(23)20(27-22)21(29)24-12-11-19(28)26-17-5-3-2-4-6-17/h2-10,13H,11-12,14H2,1H3,(H,24,29)(H,26,28). The van der Waals surface area contributed by atoms with E-state index in [9.17, 15) is 9.59 Å². The maximum atomic E-state index is 12.4. The summed E-state index contributed by atoms with van der Waals surface area (Å²) in [5.74, 6) is 0.0551. The molecule has 0 radical (unpaired) electrons. The summed E-state index contributed by atoms with van der Waals surface area (Å²) in [5, 5.41) is 6.08. The van der Waals surface area contributed by atoms with Gasteiger partial charge in [-0.25, -0.2) is 9.97 Å². The third-order valence-corrected chi connectivity index (χ3v) is 5.33. The van der Waals surface area contributed by atoms with Crippen LogP contribution in [0.3, 0.4) is 0 Å². The van der Waals surface area contributed by atoms with Crippen molar-refractivity contribution < 1.29 is 9.59 Å². The lowest BCUT2D eigenvalue weighted by atomic mass is 10.2. The number of hydrogen-bond acceptors (Lipinski definition) is 5. The first kappa shape index (κ1) is 21.8. The van der Waals surface area contributed by atoms with E-state index < -0.39 is 5.91 Å². The Morgan fingerprint density at radius 1 is 1.07 bits per heavy atom. The Hall–Kier alpha value is -2.90. The summed E-state index contributed by atoms with van der Waals surface area (Å²) in [7, 11) is 0. The number of halogens is 1. The highest BCUT2D eigenvalue weighted by atomic mass is 35.5. The van der Waals surface area contributed by atoms with Gasteiger partial charge >= 0.3 is 0 Å². The van der Waals surface area contributed by atoms with E-state index in [2.05, 4.69) is 20.6 Å². The second-order valence-corrected chi connectivity index (χ2v) is 7.89. The minimum Gasteiger partial charge on any atom is -0.350 e. The number of carbonyl (C=O) groups excluding carboxylic acids is 2. The number of aryl methyl sites for hydroxylation is 1. The molecule has 0 spiro atoms. The van der Waals surface area contributed by atoms with Crippen LogP contribution in [0.5, 0.6) is 0 Å². The van der Waals surface area contributed by atoms with Crippen molar-refractivity contribution in [3.8, 4) is 0 Å². The second kappa shape index (κ2) is 10.8. The molecule has 0 aliphatic heterocycles. The van der Waals surface area contributed by atoms with E-state index in [-0.39, 0.29) is 29.6 Å². The molecule has 3 rings (SSSR count). The van der Waals surface area contributed by atoms with Crippen molar-refractivity contribution in [3.63, 3.8) is 0 Å². The molecule has 0 saturated heterocycles. The zero-order valence-electron chi connectivity index (χ0n) is 16.4. The Morgan fingerprint density at radius 2 is 1.80 bits per heavy atom. The van der Waals surface area contributed by atoms with Crippen molar-refractivity contribution in [1.82, 2.24) is 15.3 Å². The van der Waals surface area contributed by atoms with Crippen LogP contribution in [0.1, 0.15) is 28.0 Å². The molecule has 30 heavy (non-hydrogen) atoms. The molecule has 0 atom stereocenters. The van der Waals surface area contributed by atoms with Crippen molar-refractivity contribution in [2.75, 3.05) is 11.9 Å². The van der Waals surface area contributed by atoms with Gasteiger partial charge in [0.25, 0.3) is 5.91 Å². The topological polar surface area (TPSA) is 84.0 Å². The van der Waals surface area contributed by atoms with Gasteiger partial charge in [0.05, 0.1) is 11.2 Å². The Balaban J connectivity index is 1.51. The summed E-state index contributed by atoms with van der Waals surface area (Å²) in [6.45, 7) is 2.21. The Labute approximate surface area is 184 Å². The molecule has 0 saturated carbocycles. The molecule has 0 bridgehead atoms. The molecule has 2 N–H and O–H groups in total. The van der Waals surface area contributed by atoms with Gasteiger partial charge in [-0.2, -0.15) is 0 Å². The van der Waals surface area contributed by atoms with Crippen LogP contribution >= 0.6 is 23.4 Å². The van der Waals surface area contributed by atoms with Crippen LogP contribution in [0, 0.1) is 6.92 Å². The lowest BCUT2D eigenvalue weighted by Gasteiger charge is -2.08. The smallest absolute Gasteiger partial charge is 0.271 e. The second-order valence-electron chi connectivity index (χ2n) is 6.54.